The highest BCUT2D eigenvalue weighted by molar-refractivity contribution is 6.04. The Morgan fingerprint density at radius 1 is 1.56 bits per heavy atom. The van der Waals surface area contributed by atoms with Gasteiger partial charge in [0.1, 0.15) is 5.75 Å². The summed E-state index contributed by atoms with van der Waals surface area (Å²) in [6, 6.07) is 5.44. The molecule has 0 spiro atoms. The summed E-state index contributed by atoms with van der Waals surface area (Å²) in [5.41, 5.74) is 1.21. The molecule has 84 valence electrons. The molecule has 1 heterocycles. The molecule has 1 aromatic carbocycles. The van der Waals surface area contributed by atoms with Gasteiger partial charge in [-0.3, -0.25) is 9.89 Å². The summed E-state index contributed by atoms with van der Waals surface area (Å²) in [7, 11) is 1.60. The van der Waals surface area contributed by atoms with Gasteiger partial charge in [0.2, 0.25) is 0 Å². The number of hydrogen-bond acceptors (Lipinski definition) is 3. The van der Waals surface area contributed by atoms with Crippen LogP contribution in [0.4, 0.5) is 0 Å². The molecule has 2 rings (SSSR count). The Morgan fingerprint density at radius 2 is 2.38 bits per heavy atom. The van der Waals surface area contributed by atoms with Crippen molar-refractivity contribution in [2.45, 2.75) is 6.92 Å². The second-order valence-electron chi connectivity index (χ2n) is 3.34. The van der Waals surface area contributed by atoms with E-state index in [-0.39, 0.29) is 5.91 Å². The van der Waals surface area contributed by atoms with Crippen molar-refractivity contribution >= 4 is 16.8 Å². The van der Waals surface area contributed by atoms with E-state index >= 15 is 0 Å². The highest BCUT2D eigenvalue weighted by Crippen LogP contribution is 2.21. The second kappa shape index (κ2) is 4.22. The third-order valence-corrected chi connectivity index (χ3v) is 2.32. The van der Waals surface area contributed by atoms with Crippen LogP contribution in [0.25, 0.3) is 10.9 Å². The minimum absolute atomic E-state index is 0.168. The normalized spacial score (nSPS) is 10.4. The molecule has 0 aliphatic heterocycles. The van der Waals surface area contributed by atoms with E-state index < -0.39 is 0 Å². The average Bonchev–Trinajstić information content (AvgIpc) is 2.71. The van der Waals surface area contributed by atoms with Crippen molar-refractivity contribution in [3.05, 3.63) is 23.9 Å². The molecule has 2 N–H and O–H groups in total. The molecule has 0 atom stereocenters. The molecule has 0 saturated carbocycles. The van der Waals surface area contributed by atoms with Crippen molar-refractivity contribution in [2.75, 3.05) is 13.7 Å². The Kier molecular flexibility index (Phi) is 2.76. The molecule has 5 nitrogen and oxygen atoms in total. The number of nitrogens with one attached hydrogen (secondary N) is 2. The number of H-pyrrole nitrogens is 1. The van der Waals surface area contributed by atoms with Crippen molar-refractivity contribution in [3.63, 3.8) is 0 Å². The number of methoxy groups -OCH3 is 1. The summed E-state index contributed by atoms with van der Waals surface area (Å²) in [4.78, 5) is 11.6. The first-order chi connectivity index (χ1) is 7.76. The van der Waals surface area contributed by atoms with Crippen molar-refractivity contribution in [3.8, 4) is 5.75 Å². The number of hydrogen-bond donors (Lipinski definition) is 2. The van der Waals surface area contributed by atoms with E-state index in [4.69, 9.17) is 4.74 Å². The van der Waals surface area contributed by atoms with Crippen molar-refractivity contribution < 1.29 is 9.53 Å². The monoisotopic (exact) mass is 219 g/mol. The average molecular weight is 219 g/mol. The minimum atomic E-state index is -0.168. The highest BCUT2D eigenvalue weighted by atomic mass is 16.5. The smallest absolute Gasteiger partial charge is 0.272 e. The number of nitrogens with zero attached hydrogens (tertiary/aromatic N) is 1. The van der Waals surface area contributed by atoms with Crippen LogP contribution in [0.15, 0.2) is 18.2 Å². The van der Waals surface area contributed by atoms with E-state index in [9.17, 15) is 4.79 Å². The van der Waals surface area contributed by atoms with Gasteiger partial charge in [-0.05, 0) is 19.1 Å². The fraction of sp³-hybridized carbons (Fsp3) is 0.273. The van der Waals surface area contributed by atoms with Gasteiger partial charge >= 0.3 is 0 Å². The zero-order valence-electron chi connectivity index (χ0n) is 9.20. The number of ether oxygens (including phenoxy) is 1. The lowest BCUT2D eigenvalue weighted by Crippen LogP contribution is -2.23. The Labute approximate surface area is 92.8 Å². The number of aromatic nitrogens is 2. The lowest BCUT2D eigenvalue weighted by atomic mass is 10.2. The molecule has 16 heavy (non-hydrogen) atoms. The lowest BCUT2D eigenvalue weighted by Gasteiger charge is -2.00. The van der Waals surface area contributed by atoms with Crippen LogP contribution >= 0.6 is 0 Å². The van der Waals surface area contributed by atoms with E-state index in [1.165, 1.54) is 0 Å². The molecular formula is C11H13N3O2. The number of carbonyl (C=O) groups excluding carboxylic acids is 1. The maximum Gasteiger partial charge on any atom is 0.272 e. The highest BCUT2D eigenvalue weighted by Gasteiger charge is 2.13. The van der Waals surface area contributed by atoms with Crippen LogP contribution < -0.4 is 10.1 Å². The van der Waals surface area contributed by atoms with Crippen LogP contribution in [0.2, 0.25) is 0 Å². The molecule has 0 aliphatic rings. The molecule has 0 radical (unpaired) electrons. The number of carbonyl (C=O) groups is 1. The first-order valence-corrected chi connectivity index (χ1v) is 5.06. The van der Waals surface area contributed by atoms with E-state index in [1.807, 2.05) is 19.1 Å². The number of amides is 1. The first kappa shape index (κ1) is 10.5. The predicted molar refractivity (Wildman–Crippen MR) is 60.7 cm³/mol. The maximum atomic E-state index is 11.6. The number of rotatable bonds is 3. The molecule has 0 saturated heterocycles. The molecule has 1 aromatic heterocycles. The molecule has 2 aromatic rings. The van der Waals surface area contributed by atoms with Crippen LogP contribution in [0, 0.1) is 0 Å². The van der Waals surface area contributed by atoms with E-state index in [0.717, 1.165) is 16.7 Å². The second-order valence-corrected chi connectivity index (χ2v) is 3.34. The van der Waals surface area contributed by atoms with Crippen LogP contribution in [0.5, 0.6) is 5.75 Å². The van der Waals surface area contributed by atoms with Crippen LogP contribution in [0.3, 0.4) is 0 Å². The Hall–Kier alpha value is -2.04. The third kappa shape index (κ3) is 1.71. The van der Waals surface area contributed by atoms with Gasteiger partial charge in [0.25, 0.3) is 5.91 Å². The molecule has 1 amide bonds. The summed E-state index contributed by atoms with van der Waals surface area (Å²) >= 11 is 0. The van der Waals surface area contributed by atoms with Gasteiger partial charge in [0.15, 0.2) is 5.69 Å². The summed E-state index contributed by atoms with van der Waals surface area (Å²) in [6.45, 7) is 2.46. The van der Waals surface area contributed by atoms with Crippen molar-refractivity contribution in [1.82, 2.24) is 15.5 Å². The number of benzene rings is 1. The van der Waals surface area contributed by atoms with E-state index in [1.54, 1.807) is 13.2 Å². The van der Waals surface area contributed by atoms with Gasteiger partial charge in [-0.25, -0.2) is 0 Å². The fourth-order valence-corrected chi connectivity index (χ4v) is 1.54. The van der Waals surface area contributed by atoms with Gasteiger partial charge in [-0.1, -0.05) is 0 Å². The van der Waals surface area contributed by atoms with Crippen LogP contribution in [0.1, 0.15) is 17.4 Å². The zero-order chi connectivity index (χ0) is 11.5. The van der Waals surface area contributed by atoms with Gasteiger partial charge in [0.05, 0.1) is 12.6 Å². The van der Waals surface area contributed by atoms with Crippen LogP contribution in [-0.4, -0.2) is 29.8 Å². The quantitative estimate of drug-likeness (QED) is 0.818. The Morgan fingerprint density at radius 3 is 3.06 bits per heavy atom. The number of fused-ring (bicyclic) bond motifs is 1. The topological polar surface area (TPSA) is 67.0 Å². The van der Waals surface area contributed by atoms with Gasteiger partial charge in [-0.2, -0.15) is 5.10 Å². The van der Waals surface area contributed by atoms with E-state index in [0.29, 0.717) is 12.2 Å². The summed E-state index contributed by atoms with van der Waals surface area (Å²) < 4.78 is 5.09. The lowest BCUT2D eigenvalue weighted by molar-refractivity contribution is 0.0952. The van der Waals surface area contributed by atoms with E-state index in [2.05, 4.69) is 15.5 Å². The Balaban J connectivity index is 2.45. The first-order valence-electron chi connectivity index (χ1n) is 5.06. The molecular weight excluding hydrogens is 206 g/mol. The standard InChI is InChI=1S/C11H13N3O2/c1-3-12-11(15)10-8-5-4-7(16-2)6-9(8)13-14-10/h4-6H,3H2,1-2H3,(H,12,15)(H,13,14). The fourth-order valence-electron chi connectivity index (χ4n) is 1.54. The van der Waals surface area contributed by atoms with Gasteiger partial charge in [0, 0.05) is 18.0 Å². The van der Waals surface area contributed by atoms with Crippen molar-refractivity contribution in [2.24, 2.45) is 0 Å². The maximum absolute atomic E-state index is 11.6. The zero-order valence-corrected chi connectivity index (χ0v) is 9.20. The van der Waals surface area contributed by atoms with Gasteiger partial charge in [-0.15, -0.1) is 0 Å². The SMILES string of the molecule is CCNC(=O)c1n[nH]c2cc(OC)ccc12. The van der Waals surface area contributed by atoms with Crippen LogP contribution in [-0.2, 0) is 0 Å². The molecule has 0 bridgehead atoms. The third-order valence-electron chi connectivity index (χ3n) is 2.32. The summed E-state index contributed by atoms with van der Waals surface area (Å²) in [6.07, 6.45) is 0. The molecule has 0 unspecified atom stereocenters. The molecule has 0 aliphatic carbocycles. The van der Waals surface area contributed by atoms with Gasteiger partial charge < -0.3 is 10.1 Å². The summed E-state index contributed by atoms with van der Waals surface area (Å²) in [5.74, 6) is 0.567. The Bertz CT molecular complexity index is 519. The predicted octanol–water partition coefficient (Wildman–Crippen LogP) is 1.32. The summed E-state index contributed by atoms with van der Waals surface area (Å²) in [5, 5.41) is 10.3. The largest absolute Gasteiger partial charge is 0.497 e. The minimum Gasteiger partial charge on any atom is -0.497 e. The van der Waals surface area contributed by atoms with Crippen molar-refractivity contribution in [1.29, 1.82) is 0 Å². The molecule has 0 fully saturated rings. The number of aromatic amines is 1. The molecule has 5 heteroatoms.